The van der Waals surface area contributed by atoms with Gasteiger partial charge in [-0.1, -0.05) is 25.4 Å². The Balaban J connectivity index is 2.62. The number of anilines is 1. The van der Waals surface area contributed by atoms with E-state index in [2.05, 4.69) is 31.4 Å². The molecule has 0 bridgehead atoms. The molecule has 4 nitrogen and oxygen atoms in total. The molecule has 0 aliphatic rings. The number of amides is 1. The Morgan fingerprint density at radius 1 is 1.27 bits per heavy atom. The van der Waals surface area contributed by atoms with Crippen molar-refractivity contribution in [2.24, 2.45) is 5.92 Å². The third kappa shape index (κ3) is 6.24. The van der Waals surface area contributed by atoms with Crippen LogP contribution in [0.2, 0.25) is 5.02 Å². The first-order chi connectivity index (χ1) is 10.5. The summed E-state index contributed by atoms with van der Waals surface area (Å²) in [6.07, 6.45) is 1.82. The Morgan fingerprint density at radius 3 is 2.64 bits per heavy atom. The fourth-order valence-corrected chi connectivity index (χ4v) is 2.09. The van der Waals surface area contributed by atoms with Crippen LogP contribution < -0.4 is 10.6 Å². The van der Waals surface area contributed by atoms with E-state index in [1.165, 1.54) is 0 Å². The molecule has 1 rings (SSSR count). The summed E-state index contributed by atoms with van der Waals surface area (Å²) in [4.78, 5) is 12.2. The predicted molar refractivity (Wildman–Crippen MR) is 92.8 cm³/mol. The van der Waals surface area contributed by atoms with Gasteiger partial charge in [0.15, 0.2) is 0 Å². The molecule has 0 saturated heterocycles. The molecule has 0 spiro atoms. The zero-order valence-electron chi connectivity index (χ0n) is 13.9. The van der Waals surface area contributed by atoms with Gasteiger partial charge in [-0.3, -0.25) is 4.79 Å². The largest absolute Gasteiger partial charge is 0.385 e. The highest BCUT2D eigenvalue weighted by molar-refractivity contribution is 6.34. The molecule has 0 saturated carbocycles. The lowest BCUT2D eigenvalue weighted by molar-refractivity contribution is 0.0951. The van der Waals surface area contributed by atoms with E-state index in [1.54, 1.807) is 13.2 Å². The smallest absolute Gasteiger partial charge is 0.252 e. The van der Waals surface area contributed by atoms with Crippen LogP contribution in [0.25, 0.3) is 0 Å². The van der Waals surface area contributed by atoms with Crippen LogP contribution in [0.4, 0.5) is 5.69 Å². The SMILES string of the molecule is COCCCCNC(=O)c1cc(N[C@H](C)C(C)C)ccc1Cl. The second-order valence-electron chi connectivity index (χ2n) is 5.83. The number of hydrogen-bond donors (Lipinski definition) is 2. The van der Waals surface area contributed by atoms with Crippen molar-refractivity contribution in [3.05, 3.63) is 28.8 Å². The standard InChI is InChI=1S/C17H27ClN2O2/c1-12(2)13(3)20-14-7-8-16(18)15(11-14)17(21)19-9-5-6-10-22-4/h7-8,11-13,20H,5-6,9-10H2,1-4H3,(H,19,21)/t13-/m1/s1. The van der Waals surface area contributed by atoms with Crippen LogP contribution in [0.3, 0.4) is 0 Å². The predicted octanol–water partition coefficient (Wildman–Crippen LogP) is 3.95. The molecule has 0 aromatic heterocycles. The van der Waals surface area contributed by atoms with Gasteiger partial charge in [0.25, 0.3) is 5.91 Å². The van der Waals surface area contributed by atoms with Crippen molar-refractivity contribution >= 4 is 23.2 Å². The number of rotatable bonds is 9. The second kappa shape index (κ2) is 9.70. The lowest BCUT2D eigenvalue weighted by atomic mass is 10.1. The molecule has 1 aromatic carbocycles. The lowest BCUT2D eigenvalue weighted by Gasteiger charge is -2.19. The highest BCUT2D eigenvalue weighted by atomic mass is 35.5. The van der Waals surface area contributed by atoms with Crippen LogP contribution >= 0.6 is 11.6 Å². The van der Waals surface area contributed by atoms with Crippen LogP contribution in [0.15, 0.2) is 18.2 Å². The van der Waals surface area contributed by atoms with E-state index >= 15 is 0 Å². The molecule has 0 heterocycles. The van der Waals surface area contributed by atoms with Gasteiger partial charge in [0.2, 0.25) is 0 Å². The number of unbranched alkanes of at least 4 members (excludes halogenated alkanes) is 1. The minimum atomic E-state index is -0.136. The van der Waals surface area contributed by atoms with Crippen molar-refractivity contribution < 1.29 is 9.53 Å². The molecule has 0 fully saturated rings. The summed E-state index contributed by atoms with van der Waals surface area (Å²) < 4.78 is 4.98. The third-order valence-electron chi connectivity index (χ3n) is 3.67. The summed E-state index contributed by atoms with van der Waals surface area (Å²) in [5.74, 6) is 0.372. The van der Waals surface area contributed by atoms with E-state index in [1.807, 2.05) is 12.1 Å². The fourth-order valence-electron chi connectivity index (χ4n) is 1.89. The van der Waals surface area contributed by atoms with Gasteiger partial charge >= 0.3 is 0 Å². The summed E-state index contributed by atoms with van der Waals surface area (Å²) in [6, 6.07) is 5.80. The van der Waals surface area contributed by atoms with Crippen molar-refractivity contribution in [3.63, 3.8) is 0 Å². The monoisotopic (exact) mass is 326 g/mol. The Morgan fingerprint density at radius 2 is 2.00 bits per heavy atom. The molecule has 0 radical (unpaired) electrons. The number of carbonyl (C=O) groups is 1. The van der Waals surface area contributed by atoms with E-state index in [0.29, 0.717) is 35.7 Å². The van der Waals surface area contributed by atoms with Crippen molar-refractivity contribution in [2.75, 3.05) is 25.6 Å². The highest BCUT2D eigenvalue weighted by Crippen LogP contribution is 2.22. The van der Waals surface area contributed by atoms with Gasteiger partial charge in [-0.15, -0.1) is 0 Å². The molecule has 5 heteroatoms. The summed E-state index contributed by atoms with van der Waals surface area (Å²) in [5.41, 5.74) is 1.42. The zero-order valence-corrected chi connectivity index (χ0v) is 14.7. The Bertz CT molecular complexity index is 478. The average molecular weight is 327 g/mol. The van der Waals surface area contributed by atoms with E-state index in [-0.39, 0.29) is 5.91 Å². The molecule has 1 amide bonds. The van der Waals surface area contributed by atoms with Gasteiger partial charge in [0.1, 0.15) is 0 Å². The third-order valence-corrected chi connectivity index (χ3v) is 4.00. The molecule has 0 aliphatic carbocycles. The van der Waals surface area contributed by atoms with Gasteiger partial charge in [-0.05, 0) is 43.9 Å². The summed E-state index contributed by atoms with van der Waals surface area (Å²) in [5, 5.41) is 6.76. The van der Waals surface area contributed by atoms with E-state index < -0.39 is 0 Å². The molecular formula is C17H27ClN2O2. The maximum Gasteiger partial charge on any atom is 0.252 e. The maximum absolute atomic E-state index is 12.2. The van der Waals surface area contributed by atoms with Crippen LogP contribution in [0.1, 0.15) is 44.0 Å². The van der Waals surface area contributed by atoms with E-state index in [9.17, 15) is 4.79 Å². The molecule has 1 atom stereocenters. The Kier molecular flexibility index (Phi) is 8.28. The first-order valence-electron chi connectivity index (χ1n) is 7.79. The molecule has 0 unspecified atom stereocenters. The van der Waals surface area contributed by atoms with Gasteiger partial charge in [0.05, 0.1) is 10.6 Å². The van der Waals surface area contributed by atoms with Crippen molar-refractivity contribution in [3.8, 4) is 0 Å². The number of ether oxygens (including phenoxy) is 1. The average Bonchev–Trinajstić information content (AvgIpc) is 2.48. The quantitative estimate of drug-likeness (QED) is 0.675. The van der Waals surface area contributed by atoms with Crippen molar-refractivity contribution in [1.29, 1.82) is 0 Å². The number of methoxy groups -OCH3 is 1. The van der Waals surface area contributed by atoms with Crippen LogP contribution in [-0.2, 0) is 4.74 Å². The van der Waals surface area contributed by atoms with Crippen LogP contribution in [0, 0.1) is 5.92 Å². The number of nitrogens with one attached hydrogen (secondary N) is 2. The van der Waals surface area contributed by atoms with Gasteiger partial charge in [-0.2, -0.15) is 0 Å². The van der Waals surface area contributed by atoms with E-state index in [0.717, 1.165) is 18.5 Å². The Labute approximate surface area is 138 Å². The number of carbonyl (C=O) groups excluding carboxylic acids is 1. The minimum Gasteiger partial charge on any atom is -0.385 e. The van der Waals surface area contributed by atoms with E-state index in [4.69, 9.17) is 16.3 Å². The molecule has 2 N–H and O–H groups in total. The zero-order chi connectivity index (χ0) is 16.5. The molecule has 0 aliphatic heterocycles. The van der Waals surface area contributed by atoms with Gasteiger partial charge < -0.3 is 15.4 Å². The van der Waals surface area contributed by atoms with Crippen LogP contribution in [0.5, 0.6) is 0 Å². The second-order valence-corrected chi connectivity index (χ2v) is 6.23. The fraction of sp³-hybridized carbons (Fsp3) is 0.588. The number of halogens is 1. The first-order valence-corrected chi connectivity index (χ1v) is 8.16. The van der Waals surface area contributed by atoms with Crippen LogP contribution in [-0.4, -0.2) is 32.2 Å². The Hall–Kier alpha value is -1.26. The number of hydrogen-bond acceptors (Lipinski definition) is 3. The molecular weight excluding hydrogens is 300 g/mol. The molecule has 124 valence electrons. The first kappa shape index (κ1) is 18.8. The molecule has 1 aromatic rings. The minimum absolute atomic E-state index is 0.136. The summed E-state index contributed by atoms with van der Waals surface area (Å²) in [6.45, 7) is 7.76. The normalized spacial score (nSPS) is 12.3. The van der Waals surface area contributed by atoms with Gasteiger partial charge in [0, 0.05) is 32.0 Å². The van der Waals surface area contributed by atoms with Crippen molar-refractivity contribution in [2.45, 2.75) is 39.7 Å². The van der Waals surface area contributed by atoms with Gasteiger partial charge in [-0.25, -0.2) is 0 Å². The van der Waals surface area contributed by atoms with Crippen molar-refractivity contribution in [1.82, 2.24) is 5.32 Å². The molecule has 22 heavy (non-hydrogen) atoms. The summed E-state index contributed by atoms with van der Waals surface area (Å²) in [7, 11) is 1.68. The lowest BCUT2D eigenvalue weighted by Crippen LogP contribution is -2.25. The highest BCUT2D eigenvalue weighted by Gasteiger charge is 2.12. The number of benzene rings is 1. The maximum atomic E-state index is 12.2. The topological polar surface area (TPSA) is 50.4 Å². The summed E-state index contributed by atoms with van der Waals surface area (Å²) >= 11 is 6.14.